The predicted molar refractivity (Wildman–Crippen MR) is 228 cm³/mol. The van der Waals surface area contributed by atoms with Gasteiger partial charge in [0.15, 0.2) is 0 Å². The first kappa shape index (κ1) is 47.2. The van der Waals surface area contributed by atoms with Crippen LogP contribution in [0.1, 0.15) is 69.1 Å². The van der Waals surface area contributed by atoms with Gasteiger partial charge in [-0.05, 0) is 79.7 Å². The maximum Gasteiger partial charge on any atom is 0.326 e. The number of hydrogen-bond donors (Lipinski definition) is 8. The first-order valence-electron chi connectivity index (χ1n) is 20.8. The van der Waals surface area contributed by atoms with Crippen LogP contribution >= 0.6 is 0 Å². The molecule has 6 atom stereocenters. The number of carbonyl (C=O) groups is 7. The molecule has 3 aromatic rings. The second kappa shape index (κ2) is 24.0. The number of benzene rings is 3. The minimum atomic E-state index is -1.31. The highest BCUT2D eigenvalue weighted by atomic mass is 16.4. The minimum absolute atomic E-state index is 0.00890. The molecule has 1 heterocycles. The smallest absolute Gasteiger partial charge is 0.326 e. The first-order valence-corrected chi connectivity index (χ1v) is 20.8. The Labute approximate surface area is 356 Å². The number of aryl methyl sites for hydroxylation is 2. The van der Waals surface area contributed by atoms with Crippen molar-refractivity contribution < 1.29 is 43.8 Å². The summed E-state index contributed by atoms with van der Waals surface area (Å²) in [4.78, 5) is 95.9. The summed E-state index contributed by atoms with van der Waals surface area (Å²) in [5.41, 5.74) is 2.42. The Balaban J connectivity index is 1.61. The normalized spacial score (nSPS) is 20.9. The Morgan fingerprint density at radius 1 is 0.770 bits per heavy atom. The molecule has 4 rings (SSSR count). The lowest BCUT2D eigenvalue weighted by Gasteiger charge is -2.30. The fraction of sp³-hybridized carbons (Fsp3) is 0.444. The molecule has 61 heavy (non-hydrogen) atoms. The third-order valence-electron chi connectivity index (χ3n) is 10.8. The van der Waals surface area contributed by atoms with Crippen LogP contribution in [-0.4, -0.2) is 107 Å². The molecule has 16 nitrogen and oxygen atoms in total. The molecule has 0 radical (unpaired) electrons. The van der Waals surface area contributed by atoms with Gasteiger partial charge in [0.1, 0.15) is 36.0 Å². The molecular formula is C45H59N7O9. The number of carboxylic acids is 1. The fourth-order valence-corrected chi connectivity index (χ4v) is 6.96. The van der Waals surface area contributed by atoms with Gasteiger partial charge in [-0.15, -0.1) is 0 Å². The highest BCUT2D eigenvalue weighted by molar-refractivity contribution is 5.96. The summed E-state index contributed by atoms with van der Waals surface area (Å²) < 4.78 is 0. The van der Waals surface area contributed by atoms with E-state index in [2.05, 4.69) is 31.9 Å². The Morgan fingerprint density at radius 2 is 1.38 bits per heavy atom. The van der Waals surface area contributed by atoms with Gasteiger partial charge in [0.2, 0.25) is 29.5 Å². The number of aliphatic carboxylic acids is 1. The largest absolute Gasteiger partial charge is 0.508 e. The molecule has 0 aliphatic carbocycles. The van der Waals surface area contributed by atoms with Crippen molar-refractivity contribution in [2.75, 3.05) is 20.1 Å². The van der Waals surface area contributed by atoms with Crippen molar-refractivity contribution in [1.82, 2.24) is 36.8 Å². The lowest BCUT2D eigenvalue weighted by atomic mass is 9.96. The number of carboxylic acid groups (broad SMARTS) is 1. The van der Waals surface area contributed by atoms with Crippen molar-refractivity contribution in [3.8, 4) is 5.75 Å². The van der Waals surface area contributed by atoms with Crippen molar-refractivity contribution in [2.45, 2.75) is 102 Å². The molecule has 1 aliphatic heterocycles. The average molecular weight is 842 g/mol. The van der Waals surface area contributed by atoms with Gasteiger partial charge in [-0.25, -0.2) is 9.59 Å². The fourth-order valence-electron chi connectivity index (χ4n) is 6.96. The monoisotopic (exact) mass is 841 g/mol. The van der Waals surface area contributed by atoms with E-state index in [1.807, 2.05) is 37.3 Å². The van der Waals surface area contributed by atoms with Crippen LogP contribution in [0.2, 0.25) is 0 Å². The van der Waals surface area contributed by atoms with Crippen LogP contribution in [0.4, 0.5) is 4.79 Å². The van der Waals surface area contributed by atoms with Gasteiger partial charge < -0.3 is 47.0 Å². The molecule has 0 saturated carbocycles. The molecule has 0 bridgehead atoms. The van der Waals surface area contributed by atoms with E-state index >= 15 is 0 Å². The second-order valence-corrected chi connectivity index (χ2v) is 15.5. The molecular weight excluding hydrogens is 783 g/mol. The van der Waals surface area contributed by atoms with Crippen LogP contribution in [0.3, 0.4) is 0 Å². The van der Waals surface area contributed by atoms with Crippen molar-refractivity contribution >= 4 is 41.5 Å². The van der Waals surface area contributed by atoms with Gasteiger partial charge in [-0.3, -0.25) is 24.0 Å². The summed E-state index contributed by atoms with van der Waals surface area (Å²) >= 11 is 0. The molecule has 3 aromatic carbocycles. The van der Waals surface area contributed by atoms with Gasteiger partial charge >= 0.3 is 12.0 Å². The van der Waals surface area contributed by atoms with Crippen LogP contribution < -0.4 is 31.9 Å². The van der Waals surface area contributed by atoms with Crippen LogP contribution in [0.25, 0.3) is 0 Å². The number of amides is 7. The molecule has 16 heteroatoms. The third-order valence-corrected chi connectivity index (χ3v) is 10.8. The van der Waals surface area contributed by atoms with E-state index in [0.29, 0.717) is 37.7 Å². The molecule has 7 amide bonds. The highest BCUT2D eigenvalue weighted by Gasteiger charge is 2.34. The summed E-state index contributed by atoms with van der Waals surface area (Å²) in [5.74, 6) is -4.59. The molecule has 0 aromatic heterocycles. The zero-order chi connectivity index (χ0) is 44.3. The number of phenolic OH excluding ortho intramolecular Hbond substituents is 1. The Bertz CT molecular complexity index is 1930. The van der Waals surface area contributed by atoms with Crippen molar-refractivity contribution in [1.29, 1.82) is 0 Å². The van der Waals surface area contributed by atoms with Crippen LogP contribution in [0.15, 0.2) is 84.9 Å². The summed E-state index contributed by atoms with van der Waals surface area (Å²) in [6.07, 6.45) is 2.36. The van der Waals surface area contributed by atoms with Crippen LogP contribution in [0.5, 0.6) is 5.75 Å². The van der Waals surface area contributed by atoms with Gasteiger partial charge in [0.25, 0.3) is 0 Å². The van der Waals surface area contributed by atoms with E-state index in [-0.39, 0.29) is 38.0 Å². The highest BCUT2D eigenvalue weighted by Crippen LogP contribution is 2.16. The number of nitrogens with zero attached hydrogens (tertiary/aromatic N) is 1. The van der Waals surface area contributed by atoms with Crippen LogP contribution in [-0.2, 0) is 48.0 Å². The number of phenols is 1. The summed E-state index contributed by atoms with van der Waals surface area (Å²) in [6.45, 7) is 3.36. The maximum atomic E-state index is 14.2. The van der Waals surface area contributed by atoms with Crippen molar-refractivity contribution in [2.24, 2.45) is 5.92 Å². The zero-order valence-corrected chi connectivity index (χ0v) is 35.0. The summed E-state index contributed by atoms with van der Waals surface area (Å²) in [6, 6.07) is 17.9. The Kier molecular flexibility index (Phi) is 18.6. The van der Waals surface area contributed by atoms with E-state index in [1.54, 1.807) is 49.4 Å². The quantitative estimate of drug-likeness (QED) is 0.126. The maximum absolute atomic E-state index is 14.2. The molecule has 1 saturated heterocycles. The second-order valence-electron chi connectivity index (χ2n) is 15.5. The number of carbonyl (C=O) groups excluding carboxylic acids is 6. The molecule has 1 aliphatic rings. The number of hydrogen-bond acceptors (Lipinski definition) is 8. The first-order chi connectivity index (χ1) is 29.2. The van der Waals surface area contributed by atoms with E-state index in [9.17, 15) is 43.8 Å². The standard InChI is InChI=1S/C45H59N7O9/c1-4-29(2)39-42(57)48-36(25-21-31-18-22-33(53)23-19-31)43(58)52(3)28-38(54)47-35(24-20-30-13-7-5-8-14-30)40(55)46-26-12-11-17-34(41(56)51-39)49-45(61)50-37(44(59)60)27-32-15-9-6-10-16-32/h5-10,13-16,18-19,22-23,29,34-37,39,53H,4,11-12,17,20-21,24-28H2,1-3H3,(H,46,55)(H,47,54)(H,48,57)(H,51,56)(H,59,60)(H2,49,50,61)/t29-,34+,35-,36-,37-,39-/m0/s1. The number of urea groups is 1. The summed E-state index contributed by atoms with van der Waals surface area (Å²) in [7, 11) is 1.42. The lowest BCUT2D eigenvalue weighted by Crippen LogP contribution is -2.60. The summed E-state index contributed by atoms with van der Waals surface area (Å²) in [5, 5.41) is 36.0. The minimum Gasteiger partial charge on any atom is -0.508 e. The Hall–Kier alpha value is -6.45. The van der Waals surface area contributed by atoms with E-state index < -0.39 is 84.2 Å². The number of nitrogens with one attached hydrogen (secondary N) is 6. The zero-order valence-electron chi connectivity index (χ0n) is 35.0. The van der Waals surface area contributed by atoms with Gasteiger partial charge in [0.05, 0.1) is 6.54 Å². The van der Waals surface area contributed by atoms with Gasteiger partial charge in [0, 0.05) is 20.0 Å². The average Bonchev–Trinajstić information content (AvgIpc) is 3.25. The predicted octanol–water partition coefficient (Wildman–Crippen LogP) is 2.58. The van der Waals surface area contributed by atoms with Crippen molar-refractivity contribution in [3.05, 3.63) is 102 Å². The van der Waals surface area contributed by atoms with Gasteiger partial charge in [-0.2, -0.15) is 0 Å². The molecule has 1 fully saturated rings. The molecule has 0 unspecified atom stereocenters. The number of aromatic hydroxyl groups is 1. The van der Waals surface area contributed by atoms with Crippen LogP contribution in [0, 0.1) is 5.92 Å². The lowest BCUT2D eigenvalue weighted by molar-refractivity contribution is -0.140. The van der Waals surface area contributed by atoms with Gasteiger partial charge in [-0.1, -0.05) is 93.1 Å². The Morgan fingerprint density at radius 3 is 2.00 bits per heavy atom. The third kappa shape index (κ3) is 15.6. The van der Waals surface area contributed by atoms with E-state index in [1.165, 1.54) is 24.1 Å². The van der Waals surface area contributed by atoms with E-state index in [0.717, 1.165) is 11.1 Å². The van der Waals surface area contributed by atoms with E-state index in [4.69, 9.17) is 0 Å². The molecule has 0 spiro atoms. The number of rotatable bonds is 13. The van der Waals surface area contributed by atoms with Crippen molar-refractivity contribution in [3.63, 3.8) is 0 Å². The molecule has 8 N–H and O–H groups in total. The topological polar surface area (TPSA) is 235 Å². The number of likely N-dealkylation sites (N-methyl/N-ethyl adjacent to an activating group) is 1. The molecule has 328 valence electrons. The SMILES string of the molecule is CC[C@H](C)[C@@H]1NC(=O)[C@H](NC(=O)N[C@@H](Cc2ccccc2)C(=O)O)CCCCNC(=O)[C@H](CCc2ccccc2)NC(=O)CN(C)C(=O)[C@H](CCc2ccc(O)cc2)NC1=O.